The van der Waals surface area contributed by atoms with Crippen molar-refractivity contribution >= 4 is 22.7 Å². The van der Waals surface area contributed by atoms with E-state index in [1.54, 1.807) is 24.3 Å². The lowest BCUT2D eigenvalue weighted by molar-refractivity contribution is 0.102. The van der Waals surface area contributed by atoms with Gasteiger partial charge < -0.3 is 14.6 Å². The number of likely N-dealkylation sites (N-methyl/N-ethyl adjacent to an activating group) is 1. The molecule has 0 bridgehead atoms. The van der Waals surface area contributed by atoms with Crippen molar-refractivity contribution in [2.75, 3.05) is 26.0 Å². The second-order valence-electron chi connectivity index (χ2n) is 5.94. The molecule has 0 saturated heterocycles. The maximum Gasteiger partial charge on any atom is 0.419 e. The van der Waals surface area contributed by atoms with Crippen LogP contribution in [0.1, 0.15) is 10.4 Å². The first-order chi connectivity index (χ1) is 12.0. The Morgan fingerprint density at radius 2 is 2.00 bits per heavy atom. The quantitative estimate of drug-likeness (QED) is 0.773. The monoisotopic (exact) mass is 343 g/mol. The van der Waals surface area contributed by atoms with Gasteiger partial charge >= 0.3 is 5.76 Å². The molecule has 0 unspecified atom stereocenters. The van der Waals surface area contributed by atoms with Crippen molar-refractivity contribution in [1.82, 2.24) is 9.47 Å². The van der Waals surface area contributed by atoms with Gasteiger partial charge in [0.2, 0.25) is 0 Å². The first-order valence-electron chi connectivity index (χ1n) is 7.79. The minimum atomic E-state index is -0.590. The van der Waals surface area contributed by atoms with Gasteiger partial charge in [-0.3, -0.25) is 9.36 Å². The Labute approximate surface area is 143 Å². The van der Waals surface area contributed by atoms with Gasteiger partial charge in [0.25, 0.3) is 5.91 Å². The van der Waals surface area contributed by atoms with E-state index in [4.69, 9.17) is 4.42 Å². The molecule has 0 saturated carbocycles. The number of anilines is 1. The van der Waals surface area contributed by atoms with E-state index in [-0.39, 0.29) is 5.56 Å². The zero-order valence-electron chi connectivity index (χ0n) is 14.0. The summed E-state index contributed by atoms with van der Waals surface area (Å²) in [5.41, 5.74) is 1.44. The number of amides is 1. The second-order valence-corrected chi connectivity index (χ2v) is 5.94. The van der Waals surface area contributed by atoms with Crippen molar-refractivity contribution in [3.8, 4) is 0 Å². The molecule has 3 aromatic rings. The van der Waals surface area contributed by atoms with Crippen LogP contribution in [-0.4, -0.2) is 36.0 Å². The van der Waals surface area contributed by atoms with E-state index >= 15 is 0 Å². The Morgan fingerprint density at radius 3 is 2.72 bits per heavy atom. The van der Waals surface area contributed by atoms with Crippen molar-refractivity contribution in [3.05, 3.63) is 64.4 Å². The Balaban J connectivity index is 1.90. The number of rotatable bonds is 5. The summed E-state index contributed by atoms with van der Waals surface area (Å²) in [6.07, 6.45) is 0. The molecule has 0 aliphatic carbocycles. The van der Waals surface area contributed by atoms with Gasteiger partial charge in [-0.15, -0.1) is 0 Å². The summed E-state index contributed by atoms with van der Waals surface area (Å²) in [6, 6.07) is 10.6. The lowest BCUT2D eigenvalue weighted by atomic mass is 10.2. The molecule has 0 aliphatic heterocycles. The SMILES string of the molecule is CN(C)CCn1c(=O)oc2ccc(NC(=O)c3ccccc3F)cc21. The lowest BCUT2D eigenvalue weighted by Gasteiger charge is -2.10. The number of oxazole rings is 1. The zero-order valence-corrected chi connectivity index (χ0v) is 14.0. The van der Waals surface area contributed by atoms with Crippen LogP contribution < -0.4 is 11.1 Å². The molecule has 0 aliphatic rings. The molecule has 2 aromatic carbocycles. The summed E-state index contributed by atoms with van der Waals surface area (Å²) in [5, 5.41) is 2.65. The normalized spacial score (nSPS) is 11.2. The van der Waals surface area contributed by atoms with E-state index in [9.17, 15) is 14.0 Å². The number of hydrogen-bond acceptors (Lipinski definition) is 4. The Morgan fingerprint density at radius 1 is 1.24 bits per heavy atom. The third kappa shape index (κ3) is 3.61. The summed E-state index contributed by atoms with van der Waals surface area (Å²) < 4.78 is 20.4. The fourth-order valence-electron chi connectivity index (χ4n) is 2.50. The molecule has 0 spiro atoms. The van der Waals surface area contributed by atoms with Crippen molar-refractivity contribution < 1.29 is 13.6 Å². The zero-order chi connectivity index (χ0) is 18.0. The fraction of sp³-hybridized carbons (Fsp3) is 0.222. The second kappa shape index (κ2) is 6.90. The number of carbonyl (C=O) groups excluding carboxylic acids is 1. The number of nitrogens with zero attached hydrogens (tertiary/aromatic N) is 2. The average molecular weight is 343 g/mol. The summed E-state index contributed by atoms with van der Waals surface area (Å²) in [7, 11) is 3.82. The number of fused-ring (bicyclic) bond motifs is 1. The molecule has 1 amide bonds. The molecule has 0 atom stereocenters. The highest BCUT2D eigenvalue weighted by Crippen LogP contribution is 2.19. The van der Waals surface area contributed by atoms with Gasteiger partial charge in [-0.2, -0.15) is 0 Å². The van der Waals surface area contributed by atoms with Crippen molar-refractivity contribution in [2.45, 2.75) is 6.54 Å². The number of aromatic nitrogens is 1. The minimum absolute atomic E-state index is 0.0419. The Hall–Kier alpha value is -2.93. The summed E-state index contributed by atoms with van der Waals surface area (Å²) in [5.74, 6) is -1.59. The van der Waals surface area contributed by atoms with Gasteiger partial charge in [0, 0.05) is 18.8 Å². The number of benzene rings is 2. The third-order valence-electron chi connectivity index (χ3n) is 3.81. The number of carbonyl (C=O) groups is 1. The van der Waals surface area contributed by atoms with Crippen LogP contribution in [0.5, 0.6) is 0 Å². The summed E-state index contributed by atoms with van der Waals surface area (Å²) >= 11 is 0. The fourth-order valence-corrected chi connectivity index (χ4v) is 2.50. The van der Waals surface area contributed by atoms with E-state index in [0.717, 1.165) is 0 Å². The van der Waals surface area contributed by atoms with Gasteiger partial charge in [0.15, 0.2) is 5.58 Å². The van der Waals surface area contributed by atoms with Gasteiger partial charge in [0.1, 0.15) is 5.82 Å². The molecule has 130 valence electrons. The van der Waals surface area contributed by atoms with Crippen molar-refractivity contribution in [3.63, 3.8) is 0 Å². The van der Waals surface area contributed by atoms with Crippen LogP contribution in [0.3, 0.4) is 0 Å². The molecule has 3 rings (SSSR count). The standard InChI is InChI=1S/C18H18FN3O3/c1-21(2)9-10-22-15-11-12(7-8-16(15)25-18(22)24)20-17(23)13-5-3-4-6-14(13)19/h3-8,11H,9-10H2,1-2H3,(H,20,23). The van der Waals surface area contributed by atoms with Crippen LogP contribution >= 0.6 is 0 Å². The molecule has 0 radical (unpaired) electrons. The molecule has 1 N–H and O–H groups in total. The molecular weight excluding hydrogens is 325 g/mol. The van der Waals surface area contributed by atoms with E-state index in [2.05, 4.69) is 5.32 Å². The van der Waals surface area contributed by atoms with Crippen molar-refractivity contribution in [1.29, 1.82) is 0 Å². The summed E-state index contributed by atoms with van der Waals surface area (Å²) in [6.45, 7) is 1.13. The molecule has 6 nitrogen and oxygen atoms in total. The minimum Gasteiger partial charge on any atom is -0.408 e. The molecule has 1 aromatic heterocycles. The van der Waals surface area contributed by atoms with E-state index < -0.39 is 17.5 Å². The topological polar surface area (TPSA) is 67.5 Å². The van der Waals surface area contributed by atoms with Crippen LogP contribution in [0.25, 0.3) is 11.1 Å². The average Bonchev–Trinajstić information content (AvgIpc) is 2.88. The highest BCUT2D eigenvalue weighted by Gasteiger charge is 2.14. The smallest absolute Gasteiger partial charge is 0.408 e. The van der Waals surface area contributed by atoms with Crippen LogP contribution in [0.2, 0.25) is 0 Å². The van der Waals surface area contributed by atoms with Crippen molar-refractivity contribution in [2.24, 2.45) is 0 Å². The van der Waals surface area contributed by atoms with Gasteiger partial charge in [-0.05, 0) is 44.4 Å². The Bertz CT molecular complexity index is 975. The number of nitrogens with one attached hydrogen (secondary N) is 1. The van der Waals surface area contributed by atoms with Gasteiger partial charge in [0.05, 0.1) is 11.1 Å². The molecule has 7 heteroatoms. The van der Waals surface area contributed by atoms with E-state index in [0.29, 0.717) is 29.9 Å². The summed E-state index contributed by atoms with van der Waals surface area (Å²) in [4.78, 5) is 26.2. The third-order valence-corrected chi connectivity index (χ3v) is 3.81. The van der Waals surface area contributed by atoms with Crippen LogP contribution in [0, 0.1) is 5.82 Å². The first kappa shape index (κ1) is 16.9. The van der Waals surface area contributed by atoms with E-state index in [1.165, 1.54) is 22.8 Å². The van der Waals surface area contributed by atoms with E-state index in [1.807, 2.05) is 19.0 Å². The predicted octanol–water partition coefficient (Wildman–Crippen LogP) is 2.55. The number of hydrogen-bond donors (Lipinski definition) is 1. The van der Waals surface area contributed by atoms with Crippen LogP contribution in [0.15, 0.2) is 51.7 Å². The maximum absolute atomic E-state index is 13.7. The van der Waals surface area contributed by atoms with Gasteiger partial charge in [-0.1, -0.05) is 12.1 Å². The molecular formula is C18H18FN3O3. The Kier molecular flexibility index (Phi) is 4.67. The maximum atomic E-state index is 13.7. The lowest BCUT2D eigenvalue weighted by Crippen LogP contribution is -2.23. The number of halogens is 1. The van der Waals surface area contributed by atoms with Crippen LogP contribution in [-0.2, 0) is 6.54 Å². The molecule has 0 fully saturated rings. The predicted molar refractivity (Wildman–Crippen MR) is 93.4 cm³/mol. The first-order valence-corrected chi connectivity index (χ1v) is 7.79. The highest BCUT2D eigenvalue weighted by atomic mass is 19.1. The van der Waals surface area contributed by atoms with Gasteiger partial charge in [-0.25, -0.2) is 9.18 Å². The van der Waals surface area contributed by atoms with Crippen LogP contribution in [0.4, 0.5) is 10.1 Å². The largest absolute Gasteiger partial charge is 0.419 e. The molecule has 1 heterocycles. The molecule has 25 heavy (non-hydrogen) atoms. The highest BCUT2D eigenvalue weighted by molar-refractivity contribution is 6.05.